The third-order valence-corrected chi connectivity index (χ3v) is 5.38. The van der Waals surface area contributed by atoms with Crippen LogP contribution in [-0.4, -0.2) is 46.4 Å². The van der Waals surface area contributed by atoms with Gasteiger partial charge in [-0.1, -0.05) is 11.2 Å². The molecule has 0 N–H and O–H groups in total. The maximum atomic E-state index is 6.17. The molecule has 1 aliphatic carbocycles. The Kier molecular flexibility index (Phi) is 4.83. The second-order valence-corrected chi connectivity index (χ2v) is 6.96. The van der Waals surface area contributed by atoms with Gasteiger partial charge in [0.15, 0.2) is 0 Å². The van der Waals surface area contributed by atoms with E-state index >= 15 is 0 Å². The fraction of sp³-hybridized carbons (Fsp3) is 0.579. The Labute approximate surface area is 148 Å². The molecule has 4 rings (SSSR count). The summed E-state index contributed by atoms with van der Waals surface area (Å²) in [6.45, 7) is 7.16. The Morgan fingerprint density at radius 2 is 2.24 bits per heavy atom. The van der Waals surface area contributed by atoms with Crippen molar-refractivity contribution < 1.29 is 14.0 Å². The Balaban J connectivity index is 1.40. The Morgan fingerprint density at radius 3 is 3.00 bits per heavy atom. The van der Waals surface area contributed by atoms with E-state index in [0.29, 0.717) is 12.6 Å². The SMILES string of the molecule is Cc1noc(C)c1CN1CCO[C@@H]2[C@@H](OCc3cccnc3)CC[C@H]21. The van der Waals surface area contributed by atoms with E-state index in [-0.39, 0.29) is 12.2 Å². The van der Waals surface area contributed by atoms with Gasteiger partial charge in [0.25, 0.3) is 0 Å². The molecule has 1 saturated carbocycles. The number of pyridine rings is 1. The van der Waals surface area contributed by atoms with Gasteiger partial charge in [-0.3, -0.25) is 9.88 Å². The summed E-state index contributed by atoms with van der Waals surface area (Å²) in [6.07, 6.45) is 6.08. The summed E-state index contributed by atoms with van der Waals surface area (Å²) < 4.78 is 17.6. The highest BCUT2D eigenvalue weighted by Gasteiger charge is 2.43. The Hall–Kier alpha value is -1.76. The predicted molar refractivity (Wildman–Crippen MR) is 92.0 cm³/mol. The van der Waals surface area contributed by atoms with Crippen molar-refractivity contribution in [1.29, 1.82) is 0 Å². The van der Waals surface area contributed by atoms with E-state index in [1.807, 2.05) is 32.2 Å². The third-order valence-electron chi connectivity index (χ3n) is 5.38. The van der Waals surface area contributed by atoms with Crippen LogP contribution in [0.25, 0.3) is 0 Å². The zero-order valence-electron chi connectivity index (χ0n) is 14.9. The average molecular weight is 343 g/mol. The number of hydrogen-bond donors (Lipinski definition) is 0. The van der Waals surface area contributed by atoms with E-state index in [0.717, 1.165) is 49.6 Å². The van der Waals surface area contributed by atoms with Gasteiger partial charge in [-0.2, -0.15) is 0 Å². The number of hydrogen-bond acceptors (Lipinski definition) is 6. The number of ether oxygens (including phenoxy) is 2. The van der Waals surface area contributed by atoms with Crippen LogP contribution in [0.5, 0.6) is 0 Å². The van der Waals surface area contributed by atoms with Gasteiger partial charge in [-0.05, 0) is 38.3 Å². The molecule has 0 amide bonds. The summed E-state index contributed by atoms with van der Waals surface area (Å²) in [5.41, 5.74) is 3.30. The van der Waals surface area contributed by atoms with Gasteiger partial charge >= 0.3 is 0 Å². The number of rotatable bonds is 5. The van der Waals surface area contributed by atoms with Gasteiger partial charge in [0.05, 0.1) is 31.1 Å². The molecule has 3 atom stereocenters. The molecule has 2 aromatic heterocycles. The van der Waals surface area contributed by atoms with Gasteiger partial charge < -0.3 is 14.0 Å². The first kappa shape index (κ1) is 16.7. The van der Waals surface area contributed by atoms with Crippen molar-refractivity contribution in [3.8, 4) is 0 Å². The van der Waals surface area contributed by atoms with Gasteiger partial charge in [0.1, 0.15) is 5.76 Å². The lowest BCUT2D eigenvalue weighted by atomic mass is 10.1. The molecule has 0 spiro atoms. The van der Waals surface area contributed by atoms with E-state index in [1.165, 1.54) is 5.56 Å². The van der Waals surface area contributed by atoms with Crippen LogP contribution in [-0.2, 0) is 22.6 Å². The molecular formula is C19H25N3O3. The van der Waals surface area contributed by atoms with Crippen LogP contribution in [0.4, 0.5) is 0 Å². The van der Waals surface area contributed by atoms with Gasteiger partial charge in [-0.15, -0.1) is 0 Å². The second kappa shape index (κ2) is 7.23. The van der Waals surface area contributed by atoms with Gasteiger partial charge in [-0.25, -0.2) is 0 Å². The number of aryl methyl sites for hydroxylation is 2. The minimum atomic E-state index is 0.144. The smallest absolute Gasteiger partial charge is 0.138 e. The first-order valence-electron chi connectivity index (χ1n) is 9.00. The van der Waals surface area contributed by atoms with E-state index in [4.69, 9.17) is 14.0 Å². The number of fused-ring (bicyclic) bond motifs is 1. The number of morpholine rings is 1. The molecule has 134 valence electrons. The molecule has 2 aliphatic rings. The lowest BCUT2D eigenvalue weighted by molar-refractivity contribution is -0.118. The predicted octanol–water partition coefficient (Wildman–Crippen LogP) is 2.64. The highest BCUT2D eigenvalue weighted by Crippen LogP contribution is 2.34. The van der Waals surface area contributed by atoms with Crippen LogP contribution in [0.1, 0.15) is 35.4 Å². The summed E-state index contributed by atoms with van der Waals surface area (Å²) in [7, 11) is 0. The molecule has 6 nitrogen and oxygen atoms in total. The van der Waals surface area contributed by atoms with Crippen molar-refractivity contribution in [2.45, 2.75) is 58.1 Å². The standard InChI is InChI=1S/C19H25N3O3/c1-13-16(14(2)25-21-13)11-22-8-9-23-19-17(22)5-6-18(19)24-12-15-4-3-7-20-10-15/h3-4,7,10,17-19H,5-6,8-9,11-12H2,1-2H3/t17-,18+,19+/m1/s1. The summed E-state index contributed by atoms with van der Waals surface area (Å²) in [5.74, 6) is 0.919. The number of aromatic nitrogens is 2. The van der Waals surface area contributed by atoms with E-state index in [1.54, 1.807) is 6.20 Å². The minimum Gasteiger partial charge on any atom is -0.373 e. The lowest BCUT2D eigenvalue weighted by Gasteiger charge is -2.39. The fourth-order valence-electron chi connectivity index (χ4n) is 3.98. The summed E-state index contributed by atoms with van der Waals surface area (Å²) in [4.78, 5) is 6.66. The maximum absolute atomic E-state index is 6.17. The fourth-order valence-corrected chi connectivity index (χ4v) is 3.98. The first-order valence-corrected chi connectivity index (χ1v) is 9.00. The first-order chi connectivity index (χ1) is 12.2. The molecule has 0 unspecified atom stereocenters. The number of nitrogens with zero attached hydrogens (tertiary/aromatic N) is 3. The van der Waals surface area contributed by atoms with Crippen LogP contribution in [0, 0.1) is 13.8 Å². The Bertz CT molecular complexity index is 684. The molecule has 25 heavy (non-hydrogen) atoms. The molecule has 1 aliphatic heterocycles. The second-order valence-electron chi connectivity index (χ2n) is 6.96. The van der Waals surface area contributed by atoms with Gasteiger partial charge in [0.2, 0.25) is 0 Å². The summed E-state index contributed by atoms with van der Waals surface area (Å²) in [5, 5.41) is 4.08. The zero-order valence-corrected chi connectivity index (χ0v) is 14.9. The average Bonchev–Trinajstić information content (AvgIpc) is 3.20. The topological polar surface area (TPSA) is 60.6 Å². The largest absolute Gasteiger partial charge is 0.373 e. The van der Waals surface area contributed by atoms with E-state index < -0.39 is 0 Å². The molecule has 2 aromatic rings. The van der Waals surface area contributed by atoms with Crippen molar-refractivity contribution in [1.82, 2.24) is 15.0 Å². The zero-order chi connectivity index (χ0) is 17.2. The molecule has 2 fully saturated rings. The van der Waals surface area contributed by atoms with Gasteiger partial charge in [0, 0.05) is 37.1 Å². The highest BCUT2D eigenvalue weighted by atomic mass is 16.5. The quantitative estimate of drug-likeness (QED) is 0.832. The van der Waals surface area contributed by atoms with Crippen molar-refractivity contribution in [2.24, 2.45) is 0 Å². The molecular weight excluding hydrogens is 318 g/mol. The van der Waals surface area contributed by atoms with Crippen molar-refractivity contribution >= 4 is 0 Å². The van der Waals surface area contributed by atoms with Crippen LogP contribution >= 0.6 is 0 Å². The molecule has 6 heteroatoms. The highest BCUT2D eigenvalue weighted by molar-refractivity contribution is 5.21. The molecule has 3 heterocycles. The normalized spacial score (nSPS) is 26.7. The van der Waals surface area contributed by atoms with Crippen molar-refractivity contribution in [2.75, 3.05) is 13.2 Å². The van der Waals surface area contributed by atoms with Crippen molar-refractivity contribution in [3.63, 3.8) is 0 Å². The molecule has 0 aromatic carbocycles. The Morgan fingerprint density at radius 1 is 1.32 bits per heavy atom. The van der Waals surface area contributed by atoms with E-state index in [9.17, 15) is 0 Å². The van der Waals surface area contributed by atoms with Crippen LogP contribution in [0.3, 0.4) is 0 Å². The molecule has 0 radical (unpaired) electrons. The van der Waals surface area contributed by atoms with Crippen LogP contribution < -0.4 is 0 Å². The van der Waals surface area contributed by atoms with E-state index in [2.05, 4.69) is 15.0 Å². The molecule has 1 saturated heterocycles. The lowest BCUT2D eigenvalue weighted by Crippen LogP contribution is -2.51. The van der Waals surface area contributed by atoms with Crippen LogP contribution in [0.15, 0.2) is 29.0 Å². The van der Waals surface area contributed by atoms with Crippen molar-refractivity contribution in [3.05, 3.63) is 47.1 Å². The third kappa shape index (κ3) is 3.47. The summed E-state index contributed by atoms with van der Waals surface area (Å²) in [6, 6.07) is 4.39. The monoisotopic (exact) mass is 343 g/mol. The maximum Gasteiger partial charge on any atom is 0.138 e. The van der Waals surface area contributed by atoms with Crippen LogP contribution in [0.2, 0.25) is 0 Å². The minimum absolute atomic E-state index is 0.144. The summed E-state index contributed by atoms with van der Waals surface area (Å²) >= 11 is 0. The molecule has 0 bridgehead atoms.